The SMILES string of the molecule is c1cc2cc(NC3CCCNC3)ccc2[nH]1. The zero-order valence-corrected chi connectivity index (χ0v) is 9.29. The van der Waals surface area contributed by atoms with Gasteiger partial charge in [-0.3, -0.25) is 0 Å². The molecule has 0 aliphatic carbocycles. The van der Waals surface area contributed by atoms with E-state index in [1.54, 1.807) is 0 Å². The van der Waals surface area contributed by atoms with Gasteiger partial charge in [0.2, 0.25) is 0 Å². The first-order chi connectivity index (χ1) is 7.92. The molecule has 16 heavy (non-hydrogen) atoms. The highest BCUT2D eigenvalue weighted by Crippen LogP contribution is 2.19. The van der Waals surface area contributed by atoms with Crippen molar-refractivity contribution >= 4 is 16.6 Å². The Bertz CT molecular complexity index is 469. The highest BCUT2D eigenvalue weighted by molar-refractivity contribution is 5.83. The Labute approximate surface area is 95.2 Å². The van der Waals surface area contributed by atoms with Crippen molar-refractivity contribution < 1.29 is 0 Å². The summed E-state index contributed by atoms with van der Waals surface area (Å²) in [7, 11) is 0. The maximum Gasteiger partial charge on any atom is 0.0455 e. The molecule has 1 fully saturated rings. The Kier molecular flexibility index (Phi) is 2.54. The molecule has 1 saturated heterocycles. The fourth-order valence-corrected chi connectivity index (χ4v) is 2.35. The van der Waals surface area contributed by atoms with Crippen molar-refractivity contribution in [1.82, 2.24) is 10.3 Å². The van der Waals surface area contributed by atoms with Crippen molar-refractivity contribution in [2.24, 2.45) is 0 Å². The predicted molar refractivity (Wildman–Crippen MR) is 67.8 cm³/mol. The second-order valence-electron chi connectivity index (χ2n) is 4.47. The van der Waals surface area contributed by atoms with Crippen LogP contribution in [0.2, 0.25) is 0 Å². The third-order valence-corrected chi connectivity index (χ3v) is 3.22. The topological polar surface area (TPSA) is 39.8 Å². The van der Waals surface area contributed by atoms with Gasteiger partial charge in [0.05, 0.1) is 0 Å². The van der Waals surface area contributed by atoms with Gasteiger partial charge < -0.3 is 15.6 Å². The number of anilines is 1. The number of benzene rings is 1. The third kappa shape index (κ3) is 1.91. The van der Waals surface area contributed by atoms with E-state index in [-0.39, 0.29) is 0 Å². The molecule has 0 bridgehead atoms. The number of fused-ring (bicyclic) bond motifs is 1. The summed E-state index contributed by atoms with van der Waals surface area (Å²) in [5, 5.41) is 8.28. The maximum absolute atomic E-state index is 3.59. The Morgan fingerprint density at radius 2 is 2.25 bits per heavy atom. The van der Waals surface area contributed by atoms with Crippen molar-refractivity contribution in [3.63, 3.8) is 0 Å². The molecule has 3 heteroatoms. The number of aromatic nitrogens is 1. The molecular formula is C13H17N3. The van der Waals surface area contributed by atoms with Gasteiger partial charge >= 0.3 is 0 Å². The van der Waals surface area contributed by atoms with Gasteiger partial charge in [0, 0.05) is 35.4 Å². The highest BCUT2D eigenvalue weighted by atomic mass is 15.0. The number of aromatic amines is 1. The number of hydrogen-bond acceptors (Lipinski definition) is 2. The molecule has 0 radical (unpaired) electrons. The molecule has 1 atom stereocenters. The third-order valence-electron chi connectivity index (χ3n) is 3.22. The average molecular weight is 215 g/mol. The van der Waals surface area contributed by atoms with Crippen LogP contribution in [0.25, 0.3) is 10.9 Å². The summed E-state index contributed by atoms with van der Waals surface area (Å²) < 4.78 is 0. The highest BCUT2D eigenvalue weighted by Gasteiger charge is 2.12. The first-order valence-corrected chi connectivity index (χ1v) is 5.96. The number of rotatable bonds is 2. The van der Waals surface area contributed by atoms with Crippen LogP contribution in [0.5, 0.6) is 0 Å². The second-order valence-corrected chi connectivity index (χ2v) is 4.47. The van der Waals surface area contributed by atoms with Crippen LogP contribution in [0.1, 0.15) is 12.8 Å². The van der Waals surface area contributed by atoms with Gasteiger partial charge in [-0.1, -0.05) is 0 Å². The molecule has 1 unspecified atom stereocenters. The lowest BCUT2D eigenvalue weighted by molar-refractivity contribution is 0.480. The van der Waals surface area contributed by atoms with Crippen LogP contribution < -0.4 is 10.6 Å². The van der Waals surface area contributed by atoms with Gasteiger partial charge in [0.25, 0.3) is 0 Å². The molecular weight excluding hydrogens is 198 g/mol. The quantitative estimate of drug-likeness (QED) is 0.719. The van der Waals surface area contributed by atoms with Crippen molar-refractivity contribution in [2.75, 3.05) is 18.4 Å². The van der Waals surface area contributed by atoms with Crippen molar-refractivity contribution in [2.45, 2.75) is 18.9 Å². The zero-order valence-electron chi connectivity index (χ0n) is 9.29. The first-order valence-electron chi connectivity index (χ1n) is 5.96. The summed E-state index contributed by atoms with van der Waals surface area (Å²) in [6.07, 6.45) is 4.51. The largest absolute Gasteiger partial charge is 0.381 e. The first kappa shape index (κ1) is 9.73. The molecule has 2 aromatic rings. The van der Waals surface area contributed by atoms with Crippen LogP contribution in [0.15, 0.2) is 30.5 Å². The molecule has 3 rings (SSSR count). The number of piperidine rings is 1. The van der Waals surface area contributed by atoms with Gasteiger partial charge in [-0.05, 0) is 43.7 Å². The summed E-state index contributed by atoms with van der Waals surface area (Å²) in [6.45, 7) is 2.24. The minimum Gasteiger partial charge on any atom is -0.381 e. The molecule has 1 aromatic carbocycles. The summed E-state index contributed by atoms with van der Waals surface area (Å²) in [5.74, 6) is 0. The fourth-order valence-electron chi connectivity index (χ4n) is 2.35. The fraction of sp³-hybridized carbons (Fsp3) is 0.385. The monoisotopic (exact) mass is 215 g/mol. The molecule has 1 aliphatic rings. The van der Waals surface area contributed by atoms with E-state index < -0.39 is 0 Å². The smallest absolute Gasteiger partial charge is 0.0455 e. The number of hydrogen-bond donors (Lipinski definition) is 3. The maximum atomic E-state index is 3.59. The van der Waals surface area contributed by atoms with Gasteiger partial charge in [-0.2, -0.15) is 0 Å². The molecule has 2 heterocycles. The van der Waals surface area contributed by atoms with Crippen molar-refractivity contribution in [3.8, 4) is 0 Å². The molecule has 1 aromatic heterocycles. The van der Waals surface area contributed by atoms with E-state index in [4.69, 9.17) is 0 Å². The van der Waals surface area contributed by atoms with Crippen LogP contribution in [-0.2, 0) is 0 Å². The molecule has 0 spiro atoms. The van der Waals surface area contributed by atoms with E-state index in [0.29, 0.717) is 6.04 Å². The van der Waals surface area contributed by atoms with Crippen molar-refractivity contribution in [1.29, 1.82) is 0 Å². The van der Waals surface area contributed by atoms with Crippen molar-refractivity contribution in [3.05, 3.63) is 30.5 Å². The van der Waals surface area contributed by atoms with Gasteiger partial charge in [0.1, 0.15) is 0 Å². The second kappa shape index (κ2) is 4.18. The summed E-state index contributed by atoms with van der Waals surface area (Å²) in [4.78, 5) is 3.21. The predicted octanol–water partition coefficient (Wildman–Crippen LogP) is 2.33. The van der Waals surface area contributed by atoms with E-state index in [1.807, 2.05) is 6.20 Å². The van der Waals surface area contributed by atoms with Crippen LogP contribution in [0, 0.1) is 0 Å². The van der Waals surface area contributed by atoms with E-state index in [0.717, 1.165) is 13.1 Å². The Balaban J connectivity index is 1.77. The molecule has 3 nitrogen and oxygen atoms in total. The van der Waals surface area contributed by atoms with Gasteiger partial charge in [-0.15, -0.1) is 0 Å². The van der Waals surface area contributed by atoms with Crippen LogP contribution in [0.4, 0.5) is 5.69 Å². The minimum atomic E-state index is 0.574. The lowest BCUT2D eigenvalue weighted by Crippen LogP contribution is -2.38. The minimum absolute atomic E-state index is 0.574. The lowest BCUT2D eigenvalue weighted by Gasteiger charge is -2.24. The van der Waals surface area contributed by atoms with Crippen LogP contribution >= 0.6 is 0 Å². The average Bonchev–Trinajstić information content (AvgIpc) is 2.77. The molecule has 1 aliphatic heterocycles. The summed E-state index contributed by atoms with van der Waals surface area (Å²) >= 11 is 0. The van der Waals surface area contributed by atoms with E-state index in [2.05, 4.69) is 39.9 Å². The molecule has 3 N–H and O–H groups in total. The normalized spacial score (nSPS) is 21.1. The molecule has 84 valence electrons. The molecule has 0 saturated carbocycles. The number of H-pyrrole nitrogens is 1. The van der Waals surface area contributed by atoms with Gasteiger partial charge in [0.15, 0.2) is 0 Å². The Hall–Kier alpha value is -1.48. The van der Waals surface area contributed by atoms with E-state index >= 15 is 0 Å². The van der Waals surface area contributed by atoms with E-state index in [1.165, 1.54) is 29.4 Å². The summed E-state index contributed by atoms with van der Waals surface area (Å²) in [6, 6.07) is 9.17. The lowest BCUT2D eigenvalue weighted by atomic mass is 10.1. The number of nitrogens with one attached hydrogen (secondary N) is 3. The van der Waals surface area contributed by atoms with Crippen LogP contribution in [0.3, 0.4) is 0 Å². The zero-order chi connectivity index (χ0) is 10.8. The Morgan fingerprint density at radius 3 is 3.12 bits per heavy atom. The Morgan fingerprint density at radius 1 is 1.25 bits per heavy atom. The van der Waals surface area contributed by atoms with E-state index in [9.17, 15) is 0 Å². The standard InChI is InChI=1S/C13H17N3/c1-2-12(9-14-6-1)16-11-3-4-13-10(8-11)5-7-15-13/h3-5,7-8,12,14-16H,1-2,6,9H2. The van der Waals surface area contributed by atoms with Gasteiger partial charge in [-0.25, -0.2) is 0 Å². The summed E-state index contributed by atoms with van der Waals surface area (Å²) in [5.41, 5.74) is 2.42. The van der Waals surface area contributed by atoms with Crippen LogP contribution in [-0.4, -0.2) is 24.1 Å². The molecule has 0 amide bonds.